The molecule has 0 atom stereocenters. The van der Waals surface area contributed by atoms with Crippen LogP contribution in [0.5, 0.6) is 0 Å². The van der Waals surface area contributed by atoms with Crippen molar-refractivity contribution in [2.45, 2.75) is 0 Å². The minimum absolute atomic E-state index is 0.00970. The molecule has 0 aliphatic rings. The van der Waals surface area contributed by atoms with Gasteiger partial charge < -0.3 is 5.32 Å². The first-order valence-electron chi connectivity index (χ1n) is 4.78. The number of pyridine rings is 1. The lowest BCUT2D eigenvalue weighted by molar-refractivity contribution is -0.384. The summed E-state index contributed by atoms with van der Waals surface area (Å²) in [4.78, 5) is 14.1. The Hall–Kier alpha value is -2.14. The van der Waals surface area contributed by atoms with Gasteiger partial charge in [-0.1, -0.05) is 17.7 Å². The molecule has 86 valence electrons. The van der Waals surface area contributed by atoms with E-state index in [0.717, 1.165) is 5.69 Å². The Labute approximate surface area is 102 Å². The standard InChI is InChI=1S/C11H8ClN3O2/c12-8-2-1-3-9(6-8)14-11-7-10(15(16)17)4-5-13-11/h1-7H,(H,13,14). The van der Waals surface area contributed by atoms with Gasteiger partial charge in [0.1, 0.15) is 5.82 Å². The molecule has 6 heteroatoms. The lowest BCUT2D eigenvalue weighted by atomic mass is 10.3. The van der Waals surface area contributed by atoms with Crippen LogP contribution in [0, 0.1) is 10.1 Å². The second-order valence-corrected chi connectivity index (χ2v) is 3.73. The predicted octanol–water partition coefficient (Wildman–Crippen LogP) is 3.39. The average Bonchev–Trinajstić information content (AvgIpc) is 2.29. The van der Waals surface area contributed by atoms with Gasteiger partial charge in [0.2, 0.25) is 0 Å². The number of nitro groups is 1. The van der Waals surface area contributed by atoms with Crippen LogP contribution >= 0.6 is 11.6 Å². The fraction of sp³-hybridized carbons (Fsp3) is 0. The van der Waals surface area contributed by atoms with Crippen LogP contribution in [-0.4, -0.2) is 9.91 Å². The average molecular weight is 250 g/mol. The molecule has 0 aliphatic heterocycles. The highest BCUT2D eigenvalue weighted by Gasteiger charge is 2.06. The molecule has 1 heterocycles. The van der Waals surface area contributed by atoms with E-state index in [1.165, 1.54) is 18.3 Å². The molecule has 0 amide bonds. The molecular formula is C11H8ClN3O2. The van der Waals surface area contributed by atoms with E-state index in [9.17, 15) is 10.1 Å². The summed E-state index contributed by atoms with van der Waals surface area (Å²) in [6.45, 7) is 0. The van der Waals surface area contributed by atoms with Gasteiger partial charge in [-0.3, -0.25) is 10.1 Å². The van der Waals surface area contributed by atoms with Crippen LogP contribution in [0.3, 0.4) is 0 Å². The van der Waals surface area contributed by atoms with Gasteiger partial charge in [0.15, 0.2) is 0 Å². The monoisotopic (exact) mass is 249 g/mol. The number of rotatable bonds is 3. The minimum atomic E-state index is -0.467. The molecule has 17 heavy (non-hydrogen) atoms. The Kier molecular flexibility index (Phi) is 3.20. The van der Waals surface area contributed by atoms with Crippen molar-refractivity contribution in [1.29, 1.82) is 0 Å². The Morgan fingerprint density at radius 2 is 2.12 bits per heavy atom. The van der Waals surface area contributed by atoms with Gasteiger partial charge in [-0.15, -0.1) is 0 Å². The molecule has 1 aromatic carbocycles. The van der Waals surface area contributed by atoms with E-state index in [2.05, 4.69) is 10.3 Å². The summed E-state index contributed by atoms with van der Waals surface area (Å²) in [5.74, 6) is 0.404. The maximum Gasteiger partial charge on any atom is 0.274 e. The number of benzene rings is 1. The molecule has 0 saturated heterocycles. The van der Waals surface area contributed by atoms with E-state index in [-0.39, 0.29) is 5.69 Å². The Morgan fingerprint density at radius 3 is 2.82 bits per heavy atom. The molecule has 5 nitrogen and oxygen atoms in total. The van der Waals surface area contributed by atoms with E-state index >= 15 is 0 Å². The van der Waals surface area contributed by atoms with E-state index in [1.54, 1.807) is 24.3 Å². The van der Waals surface area contributed by atoms with Gasteiger partial charge in [-0.2, -0.15) is 0 Å². The quantitative estimate of drug-likeness (QED) is 0.669. The summed E-state index contributed by atoms with van der Waals surface area (Å²) in [7, 11) is 0. The molecule has 0 saturated carbocycles. The first kappa shape index (κ1) is 11.3. The summed E-state index contributed by atoms with van der Waals surface area (Å²) >= 11 is 5.82. The zero-order chi connectivity index (χ0) is 12.3. The summed E-state index contributed by atoms with van der Waals surface area (Å²) in [6.07, 6.45) is 1.38. The summed E-state index contributed by atoms with van der Waals surface area (Å²) in [6, 6.07) is 9.73. The molecular weight excluding hydrogens is 242 g/mol. The van der Waals surface area contributed by atoms with Crippen molar-refractivity contribution in [3.8, 4) is 0 Å². The lowest BCUT2D eigenvalue weighted by Gasteiger charge is -2.05. The fourth-order valence-electron chi connectivity index (χ4n) is 1.32. The number of anilines is 2. The second-order valence-electron chi connectivity index (χ2n) is 3.29. The third-order valence-electron chi connectivity index (χ3n) is 2.05. The number of nitrogens with one attached hydrogen (secondary N) is 1. The number of hydrogen-bond donors (Lipinski definition) is 1. The van der Waals surface area contributed by atoms with Crippen LogP contribution in [0.15, 0.2) is 42.6 Å². The maximum atomic E-state index is 10.6. The van der Waals surface area contributed by atoms with Crippen molar-refractivity contribution in [2.24, 2.45) is 0 Å². The van der Waals surface area contributed by atoms with Gasteiger partial charge in [0.25, 0.3) is 5.69 Å². The topological polar surface area (TPSA) is 68.1 Å². The van der Waals surface area contributed by atoms with Gasteiger partial charge in [0, 0.05) is 23.0 Å². The van der Waals surface area contributed by atoms with Crippen LogP contribution < -0.4 is 5.32 Å². The molecule has 2 aromatic rings. The Bertz CT molecular complexity index is 560. The minimum Gasteiger partial charge on any atom is -0.340 e. The lowest BCUT2D eigenvalue weighted by Crippen LogP contribution is -1.95. The number of hydrogen-bond acceptors (Lipinski definition) is 4. The zero-order valence-corrected chi connectivity index (χ0v) is 9.39. The third-order valence-corrected chi connectivity index (χ3v) is 2.29. The first-order chi connectivity index (χ1) is 8.15. The molecule has 0 radical (unpaired) electrons. The number of halogens is 1. The highest BCUT2D eigenvalue weighted by atomic mass is 35.5. The highest BCUT2D eigenvalue weighted by molar-refractivity contribution is 6.30. The van der Waals surface area contributed by atoms with Crippen LogP contribution in [0.4, 0.5) is 17.2 Å². The van der Waals surface area contributed by atoms with Gasteiger partial charge >= 0.3 is 0 Å². The molecule has 0 bridgehead atoms. The molecule has 0 aliphatic carbocycles. The van der Waals surface area contributed by atoms with Gasteiger partial charge in [-0.25, -0.2) is 4.98 Å². The largest absolute Gasteiger partial charge is 0.340 e. The summed E-state index contributed by atoms with van der Waals surface area (Å²) in [5.41, 5.74) is 0.718. The number of nitrogens with zero attached hydrogens (tertiary/aromatic N) is 2. The third kappa shape index (κ3) is 2.92. The van der Waals surface area contributed by atoms with Crippen molar-refractivity contribution in [3.63, 3.8) is 0 Å². The van der Waals surface area contributed by atoms with E-state index in [0.29, 0.717) is 10.8 Å². The SMILES string of the molecule is O=[N+]([O-])c1ccnc(Nc2cccc(Cl)c2)c1. The van der Waals surface area contributed by atoms with Crippen LogP contribution in [-0.2, 0) is 0 Å². The van der Waals surface area contributed by atoms with Crippen molar-refractivity contribution >= 4 is 28.8 Å². The zero-order valence-electron chi connectivity index (χ0n) is 8.63. The van der Waals surface area contributed by atoms with Crippen molar-refractivity contribution in [1.82, 2.24) is 4.98 Å². The maximum absolute atomic E-state index is 10.6. The van der Waals surface area contributed by atoms with Crippen molar-refractivity contribution < 1.29 is 4.92 Å². The van der Waals surface area contributed by atoms with E-state index in [4.69, 9.17) is 11.6 Å². The smallest absolute Gasteiger partial charge is 0.274 e. The Balaban J connectivity index is 2.24. The van der Waals surface area contributed by atoms with Crippen LogP contribution in [0.2, 0.25) is 5.02 Å². The molecule has 0 fully saturated rings. The molecule has 1 aromatic heterocycles. The molecule has 2 rings (SSSR count). The highest BCUT2D eigenvalue weighted by Crippen LogP contribution is 2.21. The van der Waals surface area contributed by atoms with Gasteiger partial charge in [0.05, 0.1) is 11.0 Å². The van der Waals surface area contributed by atoms with Crippen molar-refractivity contribution in [3.05, 3.63) is 57.7 Å². The summed E-state index contributed by atoms with van der Waals surface area (Å²) < 4.78 is 0. The van der Waals surface area contributed by atoms with E-state index < -0.39 is 4.92 Å². The molecule has 1 N–H and O–H groups in total. The Morgan fingerprint density at radius 1 is 1.29 bits per heavy atom. The molecule has 0 unspecified atom stereocenters. The van der Waals surface area contributed by atoms with E-state index in [1.807, 2.05) is 0 Å². The first-order valence-corrected chi connectivity index (χ1v) is 5.16. The predicted molar refractivity (Wildman–Crippen MR) is 65.6 cm³/mol. The fourth-order valence-corrected chi connectivity index (χ4v) is 1.51. The number of aromatic nitrogens is 1. The summed E-state index contributed by atoms with van der Waals surface area (Å²) in [5, 5.41) is 14.1. The molecule has 0 spiro atoms. The van der Waals surface area contributed by atoms with Crippen LogP contribution in [0.25, 0.3) is 0 Å². The second kappa shape index (κ2) is 4.80. The normalized spacial score (nSPS) is 9.94. The van der Waals surface area contributed by atoms with Gasteiger partial charge in [-0.05, 0) is 18.2 Å². The van der Waals surface area contributed by atoms with Crippen molar-refractivity contribution in [2.75, 3.05) is 5.32 Å². The van der Waals surface area contributed by atoms with Crippen LogP contribution in [0.1, 0.15) is 0 Å².